The van der Waals surface area contributed by atoms with E-state index in [1.165, 1.54) is 4.31 Å². The second kappa shape index (κ2) is 5.50. The Kier molecular flexibility index (Phi) is 4.58. The molecule has 0 aliphatic carbocycles. The molecule has 1 atom stereocenters. The van der Waals surface area contributed by atoms with E-state index in [4.69, 9.17) is 6.42 Å². The molecular weight excluding hydrogens is 212 g/mol. The van der Waals surface area contributed by atoms with Gasteiger partial charge in [-0.2, -0.15) is 4.31 Å². The van der Waals surface area contributed by atoms with Crippen LogP contribution in [-0.4, -0.2) is 44.2 Å². The van der Waals surface area contributed by atoms with Gasteiger partial charge in [0.05, 0.1) is 12.3 Å². The molecule has 1 unspecified atom stereocenters. The third-order valence-corrected chi connectivity index (χ3v) is 4.59. The molecule has 4 nitrogen and oxygen atoms in total. The van der Waals surface area contributed by atoms with Crippen molar-refractivity contribution in [1.82, 2.24) is 9.62 Å². The van der Waals surface area contributed by atoms with Gasteiger partial charge in [-0.05, 0) is 19.4 Å². The summed E-state index contributed by atoms with van der Waals surface area (Å²) in [5, 5.41) is 3.18. The highest BCUT2D eigenvalue weighted by atomic mass is 32.2. The van der Waals surface area contributed by atoms with E-state index in [0.717, 1.165) is 19.4 Å². The minimum Gasteiger partial charge on any atom is -0.313 e. The summed E-state index contributed by atoms with van der Waals surface area (Å²) in [6, 6.07) is 0.0989. The van der Waals surface area contributed by atoms with Crippen LogP contribution >= 0.6 is 0 Å². The summed E-state index contributed by atoms with van der Waals surface area (Å²) in [6.07, 6.45) is 7.13. The lowest BCUT2D eigenvalue weighted by atomic mass is 10.3. The highest BCUT2D eigenvalue weighted by molar-refractivity contribution is 7.89. The van der Waals surface area contributed by atoms with Crippen molar-refractivity contribution >= 4 is 10.0 Å². The van der Waals surface area contributed by atoms with Crippen LogP contribution in [0.3, 0.4) is 0 Å². The molecule has 1 rings (SSSR count). The van der Waals surface area contributed by atoms with E-state index in [-0.39, 0.29) is 18.3 Å². The molecule has 0 amide bonds. The maximum atomic E-state index is 11.9. The first kappa shape index (κ1) is 12.5. The zero-order valence-corrected chi connectivity index (χ0v) is 9.89. The van der Waals surface area contributed by atoms with Gasteiger partial charge in [0.15, 0.2) is 0 Å². The molecule has 1 N–H and O–H groups in total. The molecule has 0 aromatic carbocycles. The SMILES string of the molecule is C#CCN(CC)S(=O)(=O)CC1CCCN1. The predicted molar refractivity (Wildman–Crippen MR) is 60.9 cm³/mol. The van der Waals surface area contributed by atoms with Gasteiger partial charge in [0.1, 0.15) is 0 Å². The Labute approximate surface area is 92.1 Å². The molecule has 0 spiro atoms. The lowest BCUT2D eigenvalue weighted by molar-refractivity contribution is 0.457. The molecular formula is C10H18N2O2S. The summed E-state index contributed by atoms with van der Waals surface area (Å²) in [7, 11) is -3.19. The smallest absolute Gasteiger partial charge is 0.216 e. The summed E-state index contributed by atoms with van der Waals surface area (Å²) in [5.74, 6) is 2.55. The Bertz CT molecular complexity index is 326. The van der Waals surface area contributed by atoms with E-state index in [1.807, 2.05) is 0 Å². The molecule has 0 aromatic heterocycles. The summed E-state index contributed by atoms with van der Waals surface area (Å²) in [6.45, 7) is 3.34. The van der Waals surface area contributed by atoms with Crippen LogP contribution in [0, 0.1) is 12.3 Å². The van der Waals surface area contributed by atoms with Crippen molar-refractivity contribution in [3.8, 4) is 12.3 Å². The number of hydrogen-bond donors (Lipinski definition) is 1. The highest BCUT2D eigenvalue weighted by Gasteiger charge is 2.26. The summed E-state index contributed by atoms with van der Waals surface area (Å²) in [4.78, 5) is 0. The van der Waals surface area contributed by atoms with Crippen molar-refractivity contribution in [2.75, 3.05) is 25.4 Å². The molecule has 86 valence electrons. The number of hydrogen-bond acceptors (Lipinski definition) is 3. The zero-order chi connectivity index (χ0) is 11.3. The lowest BCUT2D eigenvalue weighted by Crippen LogP contribution is -2.39. The van der Waals surface area contributed by atoms with Crippen molar-refractivity contribution in [3.63, 3.8) is 0 Å². The largest absolute Gasteiger partial charge is 0.313 e. The first-order chi connectivity index (χ1) is 7.10. The van der Waals surface area contributed by atoms with Crippen LogP contribution in [0.4, 0.5) is 0 Å². The van der Waals surface area contributed by atoms with Crippen LogP contribution in [0.2, 0.25) is 0 Å². The van der Waals surface area contributed by atoms with Crippen LogP contribution < -0.4 is 5.32 Å². The van der Waals surface area contributed by atoms with Crippen molar-refractivity contribution in [2.45, 2.75) is 25.8 Å². The van der Waals surface area contributed by atoms with E-state index < -0.39 is 10.0 Å². The van der Waals surface area contributed by atoms with Gasteiger partial charge < -0.3 is 5.32 Å². The monoisotopic (exact) mass is 230 g/mol. The van der Waals surface area contributed by atoms with Crippen molar-refractivity contribution < 1.29 is 8.42 Å². The lowest BCUT2D eigenvalue weighted by Gasteiger charge is -2.20. The fraction of sp³-hybridized carbons (Fsp3) is 0.800. The average Bonchev–Trinajstić information content (AvgIpc) is 2.65. The molecule has 1 heterocycles. The Hall–Kier alpha value is -0.570. The Balaban J connectivity index is 2.60. The van der Waals surface area contributed by atoms with Gasteiger partial charge in [-0.1, -0.05) is 12.8 Å². The topological polar surface area (TPSA) is 49.4 Å². The number of nitrogens with one attached hydrogen (secondary N) is 1. The van der Waals surface area contributed by atoms with Crippen LogP contribution in [-0.2, 0) is 10.0 Å². The summed E-state index contributed by atoms with van der Waals surface area (Å²) >= 11 is 0. The molecule has 1 fully saturated rings. The van der Waals surface area contributed by atoms with Gasteiger partial charge in [-0.15, -0.1) is 6.42 Å². The molecule has 0 saturated carbocycles. The molecule has 0 aromatic rings. The van der Waals surface area contributed by atoms with Crippen molar-refractivity contribution in [1.29, 1.82) is 0 Å². The van der Waals surface area contributed by atoms with E-state index in [1.54, 1.807) is 6.92 Å². The first-order valence-corrected chi connectivity index (χ1v) is 6.85. The third kappa shape index (κ3) is 3.49. The highest BCUT2D eigenvalue weighted by Crippen LogP contribution is 2.10. The van der Waals surface area contributed by atoms with Crippen molar-refractivity contribution in [2.24, 2.45) is 0 Å². The Morgan fingerprint density at radius 3 is 2.80 bits per heavy atom. The molecule has 1 saturated heterocycles. The molecule has 0 radical (unpaired) electrons. The van der Waals surface area contributed by atoms with Crippen LogP contribution in [0.15, 0.2) is 0 Å². The summed E-state index contributed by atoms with van der Waals surface area (Å²) < 4.78 is 25.2. The minimum atomic E-state index is -3.19. The average molecular weight is 230 g/mol. The maximum absolute atomic E-state index is 11.9. The Morgan fingerprint density at radius 2 is 2.33 bits per heavy atom. The number of sulfonamides is 1. The second-order valence-electron chi connectivity index (χ2n) is 3.70. The molecule has 1 aliphatic heterocycles. The molecule has 1 aliphatic rings. The van der Waals surface area contributed by atoms with E-state index >= 15 is 0 Å². The van der Waals surface area contributed by atoms with Crippen molar-refractivity contribution in [3.05, 3.63) is 0 Å². The van der Waals surface area contributed by atoms with E-state index in [9.17, 15) is 8.42 Å². The number of nitrogens with zero attached hydrogens (tertiary/aromatic N) is 1. The molecule has 5 heteroatoms. The third-order valence-electron chi connectivity index (χ3n) is 2.59. The summed E-state index contributed by atoms with van der Waals surface area (Å²) in [5.41, 5.74) is 0. The fourth-order valence-electron chi connectivity index (χ4n) is 1.77. The van der Waals surface area contributed by atoms with E-state index in [0.29, 0.717) is 6.54 Å². The van der Waals surface area contributed by atoms with Crippen LogP contribution in [0.5, 0.6) is 0 Å². The second-order valence-corrected chi connectivity index (χ2v) is 5.72. The standard InChI is InChI=1S/C10H18N2O2S/c1-3-8-12(4-2)15(13,14)9-10-6-5-7-11-10/h1,10-11H,4-9H2,2H3. The van der Waals surface area contributed by atoms with Gasteiger partial charge >= 0.3 is 0 Å². The number of rotatable bonds is 5. The fourth-order valence-corrected chi connectivity index (χ4v) is 3.44. The minimum absolute atomic E-state index is 0.0989. The zero-order valence-electron chi connectivity index (χ0n) is 9.07. The quantitative estimate of drug-likeness (QED) is 0.678. The Morgan fingerprint density at radius 1 is 1.60 bits per heavy atom. The number of terminal acetylenes is 1. The van der Waals surface area contributed by atoms with Crippen LogP contribution in [0.25, 0.3) is 0 Å². The van der Waals surface area contributed by atoms with Crippen LogP contribution in [0.1, 0.15) is 19.8 Å². The molecule has 0 bridgehead atoms. The normalized spacial score (nSPS) is 21.8. The maximum Gasteiger partial charge on any atom is 0.216 e. The van der Waals surface area contributed by atoms with Gasteiger partial charge in [0.2, 0.25) is 10.0 Å². The van der Waals surface area contributed by atoms with Gasteiger partial charge in [-0.25, -0.2) is 8.42 Å². The predicted octanol–water partition coefficient (Wildman–Crippen LogP) is 0.0233. The van der Waals surface area contributed by atoms with Gasteiger partial charge in [-0.3, -0.25) is 0 Å². The van der Waals surface area contributed by atoms with Gasteiger partial charge in [0.25, 0.3) is 0 Å². The van der Waals surface area contributed by atoms with E-state index in [2.05, 4.69) is 11.2 Å². The molecule has 15 heavy (non-hydrogen) atoms. The van der Waals surface area contributed by atoms with Gasteiger partial charge in [0, 0.05) is 12.6 Å². The first-order valence-electron chi connectivity index (χ1n) is 5.25.